The zero-order valence-electron chi connectivity index (χ0n) is 9.48. The smallest absolute Gasteiger partial charge is 0.305 e. The molecule has 0 aromatic carbocycles. The average Bonchev–Trinajstić information content (AvgIpc) is 2.84. The first-order valence-corrected chi connectivity index (χ1v) is 6.50. The van der Waals surface area contributed by atoms with E-state index in [1.165, 1.54) is 22.6 Å². The summed E-state index contributed by atoms with van der Waals surface area (Å²) in [6.45, 7) is 4.14. The zero-order valence-corrected chi connectivity index (χ0v) is 10.3. The van der Waals surface area contributed by atoms with E-state index in [2.05, 4.69) is 24.0 Å². The zero-order chi connectivity index (χ0) is 11.5. The monoisotopic (exact) mass is 239 g/mol. The number of nitrogens with zero attached hydrogens (tertiary/aromatic N) is 1. The number of aryl methyl sites for hydroxylation is 1. The summed E-state index contributed by atoms with van der Waals surface area (Å²) >= 11 is 1.72. The maximum absolute atomic E-state index is 10.9. The first-order chi connectivity index (χ1) is 7.66. The minimum Gasteiger partial charge on any atom is -0.481 e. The quantitative estimate of drug-likeness (QED) is 0.878. The Kier molecular flexibility index (Phi) is 3.61. The fourth-order valence-corrected chi connectivity index (χ4v) is 3.27. The van der Waals surface area contributed by atoms with E-state index < -0.39 is 5.97 Å². The van der Waals surface area contributed by atoms with Gasteiger partial charge in [0.05, 0.1) is 12.5 Å². The molecule has 1 atom stereocenters. The van der Waals surface area contributed by atoms with Gasteiger partial charge < -0.3 is 5.11 Å². The molecule has 1 aliphatic rings. The number of carboxylic acid groups (broad SMARTS) is 1. The van der Waals surface area contributed by atoms with Crippen LogP contribution in [0.25, 0.3) is 0 Å². The van der Waals surface area contributed by atoms with Crippen molar-refractivity contribution in [2.75, 3.05) is 13.1 Å². The number of thiophene rings is 1. The molecule has 1 saturated heterocycles. The second kappa shape index (κ2) is 4.97. The van der Waals surface area contributed by atoms with E-state index in [0.29, 0.717) is 0 Å². The van der Waals surface area contributed by atoms with Gasteiger partial charge in [0, 0.05) is 9.75 Å². The lowest BCUT2D eigenvalue weighted by Gasteiger charge is -2.25. The van der Waals surface area contributed by atoms with Crippen LogP contribution in [0.5, 0.6) is 0 Å². The highest BCUT2D eigenvalue weighted by atomic mass is 32.1. The minimum absolute atomic E-state index is 0.0821. The molecule has 2 heterocycles. The predicted octanol–water partition coefficient (Wildman–Crippen LogP) is 2.67. The number of rotatable bonds is 4. The molecule has 0 aliphatic carbocycles. The Balaban J connectivity index is 2.16. The fourth-order valence-electron chi connectivity index (χ4n) is 2.26. The van der Waals surface area contributed by atoms with Crippen LogP contribution in [0.4, 0.5) is 0 Å². The Hall–Kier alpha value is -0.870. The van der Waals surface area contributed by atoms with Gasteiger partial charge >= 0.3 is 5.97 Å². The minimum atomic E-state index is -0.706. The lowest BCUT2D eigenvalue weighted by Crippen LogP contribution is -2.27. The summed E-state index contributed by atoms with van der Waals surface area (Å²) in [5, 5.41) is 8.99. The lowest BCUT2D eigenvalue weighted by atomic mass is 10.1. The Labute approximate surface area is 99.7 Å². The maximum Gasteiger partial charge on any atom is 0.305 e. The normalized spacial score (nSPS) is 18.8. The molecular weight excluding hydrogens is 222 g/mol. The molecule has 1 aliphatic heterocycles. The molecule has 0 amide bonds. The third kappa shape index (κ3) is 2.62. The molecule has 1 aromatic heterocycles. The Bertz CT molecular complexity index is 369. The van der Waals surface area contributed by atoms with Crippen LogP contribution in [0.2, 0.25) is 0 Å². The van der Waals surface area contributed by atoms with E-state index in [4.69, 9.17) is 5.11 Å². The van der Waals surface area contributed by atoms with E-state index in [1.54, 1.807) is 11.3 Å². The van der Waals surface area contributed by atoms with Crippen LogP contribution < -0.4 is 0 Å². The molecule has 4 heteroatoms. The van der Waals surface area contributed by atoms with Gasteiger partial charge in [-0.25, -0.2) is 0 Å². The van der Waals surface area contributed by atoms with Crippen LogP contribution >= 0.6 is 11.3 Å². The van der Waals surface area contributed by atoms with Crippen molar-refractivity contribution in [3.05, 3.63) is 21.9 Å². The largest absolute Gasteiger partial charge is 0.481 e. The van der Waals surface area contributed by atoms with Crippen molar-refractivity contribution in [3.63, 3.8) is 0 Å². The molecule has 2 rings (SSSR count). The van der Waals surface area contributed by atoms with E-state index >= 15 is 0 Å². The first kappa shape index (κ1) is 11.6. The van der Waals surface area contributed by atoms with Gasteiger partial charge in [0.15, 0.2) is 0 Å². The number of carbonyl (C=O) groups is 1. The van der Waals surface area contributed by atoms with Crippen LogP contribution in [0.3, 0.4) is 0 Å². The number of carboxylic acids is 1. The van der Waals surface area contributed by atoms with Crippen molar-refractivity contribution in [1.82, 2.24) is 4.90 Å². The van der Waals surface area contributed by atoms with Gasteiger partial charge in [-0.2, -0.15) is 0 Å². The van der Waals surface area contributed by atoms with Crippen molar-refractivity contribution in [2.24, 2.45) is 0 Å². The van der Waals surface area contributed by atoms with E-state index in [-0.39, 0.29) is 12.5 Å². The van der Waals surface area contributed by atoms with Crippen LogP contribution in [0, 0.1) is 6.92 Å². The van der Waals surface area contributed by atoms with Crippen molar-refractivity contribution in [3.8, 4) is 0 Å². The molecule has 0 saturated carbocycles. The molecule has 0 bridgehead atoms. The van der Waals surface area contributed by atoms with Gasteiger partial charge in [0.1, 0.15) is 0 Å². The summed E-state index contributed by atoms with van der Waals surface area (Å²) in [5.41, 5.74) is 0. The Morgan fingerprint density at radius 3 is 2.69 bits per heavy atom. The molecule has 1 fully saturated rings. The summed E-state index contributed by atoms with van der Waals surface area (Å²) in [7, 11) is 0. The first-order valence-electron chi connectivity index (χ1n) is 5.69. The topological polar surface area (TPSA) is 40.5 Å². The fraction of sp³-hybridized carbons (Fsp3) is 0.583. The van der Waals surface area contributed by atoms with Gasteiger partial charge in [0.25, 0.3) is 0 Å². The highest BCUT2D eigenvalue weighted by Gasteiger charge is 2.26. The predicted molar refractivity (Wildman–Crippen MR) is 64.9 cm³/mol. The Morgan fingerprint density at radius 2 is 2.19 bits per heavy atom. The van der Waals surface area contributed by atoms with Crippen molar-refractivity contribution in [2.45, 2.75) is 32.2 Å². The van der Waals surface area contributed by atoms with Crippen molar-refractivity contribution >= 4 is 17.3 Å². The maximum atomic E-state index is 10.9. The second-order valence-electron chi connectivity index (χ2n) is 4.31. The van der Waals surface area contributed by atoms with Crippen LogP contribution in [-0.2, 0) is 4.79 Å². The summed E-state index contributed by atoms with van der Waals surface area (Å²) in [6.07, 6.45) is 2.61. The molecule has 0 radical (unpaired) electrons. The molecule has 0 spiro atoms. The summed E-state index contributed by atoms with van der Waals surface area (Å²) < 4.78 is 0. The Morgan fingerprint density at radius 1 is 1.50 bits per heavy atom. The van der Waals surface area contributed by atoms with Crippen molar-refractivity contribution < 1.29 is 9.90 Å². The molecule has 16 heavy (non-hydrogen) atoms. The van der Waals surface area contributed by atoms with Crippen LogP contribution in [0.1, 0.15) is 35.1 Å². The number of aliphatic carboxylic acids is 1. The van der Waals surface area contributed by atoms with Crippen molar-refractivity contribution in [1.29, 1.82) is 0 Å². The number of hydrogen-bond acceptors (Lipinski definition) is 3. The van der Waals surface area contributed by atoms with Gasteiger partial charge in [-0.3, -0.25) is 9.69 Å². The molecular formula is C12H17NO2S. The van der Waals surface area contributed by atoms with E-state index in [0.717, 1.165) is 13.1 Å². The lowest BCUT2D eigenvalue weighted by molar-refractivity contribution is -0.138. The third-order valence-corrected chi connectivity index (χ3v) is 4.14. The molecule has 3 nitrogen and oxygen atoms in total. The van der Waals surface area contributed by atoms with Gasteiger partial charge in [-0.05, 0) is 45.0 Å². The summed E-state index contributed by atoms with van der Waals surface area (Å²) in [6, 6.07) is 4.23. The summed E-state index contributed by atoms with van der Waals surface area (Å²) in [4.78, 5) is 15.7. The van der Waals surface area contributed by atoms with Gasteiger partial charge in [0.2, 0.25) is 0 Å². The number of likely N-dealkylation sites (tertiary alicyclic amines) is 1. The standard InChI is InChI=1S/C12H17NO2S/c1-9-4-5-11(16-9)10(8-12(14)15)13-6-2-3-7-13/h4-5,10H,2-3,6-8H2,1H3,(H,14,15). The highest BCUT2D eigenvalue weighted by Crippen LogP contribution is 2.32. The highest BCUT2D eigenvalue weighted by molar-refractivity contribution is 7.12. The summed E-state index contributed by atoms with van der Waals surface area (Å²) in [5.74, 6) is -0.706. The molecule has 1 N–H and O–H groups in total. The number of hydrogen-bond donors (Lipinski definition) is 1. The molecule has 88 valence electrons. The second-order valence-corrected chi connectivity index (χ2v) is 5.62. The average molecular weight is 239 g/mol. The van der Waals surface area contributed by atoms with Gasteiger partial charge in [-0.1, -0.05) is 0 Å². The van der Waals surface area contributed by atoms with Crippen LogP contribution in [-0.4, -0.2) is 29.1 Å². The van der Waals surface area contributed by atoms with Gasteiger partial charge in [-0.15, -0.1) is 11.3 Å². The molecule has 1 aromatic rings. The van der Waals surface area contributed by atoms with Crippen LogP contribution in [0.15, 0.2) is 12.1 Å². The SMILES string of the molecule is Cc1ccc(C(CC(=O)O)N2CCCC2)s1. The third-order valence-electron chi connectivity index (χ3n) is 3.04. The molecule has 1 unspecified atom stereocenters. The van der Waals surface area contributed by atoms with E-state index in [9.17, 15) is 4.79 Å². The van der Waals surface area contributed by atoms with E-state index in [1.807, 2.05) is 0 Å².